The summed E-state index contributed by atoms with van der Waals surface area (Å²) in [6.45, 7) is 1.75. The molecule has 0 fully saturated rings. The number of hydrogen-bond acceptors (Lipinski definition) is 4. The van der Waals surface area contributed by atoms with E-state index in [0.717, 1.165) is 7.05 Å². The minimum absolute atomic E-state index is 0.0927. The van der Waals surface area contributed by atoms with E-state index in [1.54, 1.807) is 19.1 Å². The fourth-order valence-electron chi connectivity index (χ4n) is 1.02. The van der Waals surface area contributed by atoms with Crippen molar-refractivity contribution in [3.63, 3.8) is 0 Å². The van der Waals surface area contributed by atoms with Crippen molar-refractivity contribution in [3.05, 3.63) is 24.3 Å². The molecule has 0 unspecified atom stereocenters. The summed E-state index contributed by atoms with van der Waals surface area (Å²) in [5.74, 6) is 0.190. The largest absolute Gasteiger partial charge is 0.438 e. The minimum atomic E-state index is -0.879. The molecule has 92 valence electrons. The van der Waals surface area contributed by atoms with E-state index in [9.17, 15) is 9.59 Å². The van der Waals surface area contributed by atoms with Gasteiger partial charge in [-0.15, -0.1) is 0 Å². The van der Waals surface area contributed by atoms with Crippen molar-refractivity contribution in [1.29, 1.82) is 0 Å². The van der Waals surface area contributed by atoms with Crippen LogP contribution < -0.4 is 10.1 Å². The molecule has 6 nitrogen and oxygen atoms in total. The Bertz CT molecular complexity index is 400. The van der Waals surface area contributed by atoms with E-state index >= 15 is 0 Å². The van der Waals surface area contributed by atoms with Crippen LogP contribution in [0.15, 0.2) is 24.3 Å². The predicted molar refractivity (Wildman–Crippen MR) is 60.9 cm³/mol. The Kier molecular flexibility index (Phi) is 4.47. The molecule has 0 atom stereocenters. The molecule has 0 saturated heterocycles. The van der Waals surface area contributed by atoms with Gasteiger partial charge in [-0.2, -0.15) is 5.06 Å². The zero-order chi connectivity index (χ0) is 12.8. The van der Waals surface area contributed by atoms with Crippen LogP contribution >= 0.6 is 0 Å². The summed E-state index contributed by atoms with van der Waals surface area (Å²) < 4.78 is 4.79. The van der Waals surface area contributed by atoms with Crippen LogP contribution in [-0.4, -0.2) is 29.3 Å². The number of carbonyl (C=O) groups is 2. The molecule has 1 rings (SSSR count). The smallest absolute Gasteiger partial charge is 0.409 e. The topological polar surface area (TPSA) is 78.9 Å². The lowest BCUT2D eigenvalue weighted by molar-refractivity contribution is -0.115. The molecule has 0 radical (unpaired) electrons. The number of benzene rings is 1. The molecule has 2 amide bonds. The average Bonchev–Trinajstić information content (AvgIpc) is 2.31. The summed E-state index contributed by atoms with van der Waals surface area (Å²) in [4.78, 5) is 22.1. The molecule has 1 aromatic rings. The summed E-state index contributed by atoms with van der Waals surface area (Å²) in [5.41, 5.74) is 0.619. The van der Waals surface area contributed by atoms with Gasteiger partial charge in [-0.05, 0) is 24.3 Å². The predicted octanol–water partition coefficient (Wildman–Crippen LogP) is 1.85. The maximum absolute atomic E-state index is 11.1. The Balaban J connectivity index is 2.62. The number of carbonyl (C=O) groups excluding carboxylic acids is 2. The van der Waals surface area contributed by atoms with E-state index in [0.29, 0.717) is 17.2 Å². The fourth-order valence-corrected chi connectivity index (χ4v) is 1.02. The summed E-state index contributed by atoms with van der Waals surface area (Å²) in [5, 5.41) is 11.8. The van der Waals surface area contributed by atoms with Crippen LogP contribution in [0.1, 0.15) is 13.3 Å². The van der Waals surface area contributed by atoms with Gasteiger partial charge < -0.3 is 10.1 Å². The second kappa shape index (κ2) is 5.86. The van der Waals surface area contributed by atoms with E-state index in [4.69, 9.17) is 9.94 Å². The lowest BCUT2D eigenvalue weighted by Gasteiger charge is -2.09. The Morgan fingerprint density at radius 2 is 1.94 bits per heavy atom. The quantitative estimate of drug-likeness (QED) is 0.622. The molecular formula is C11H14N2O4. The van der Waals surface area contributed by atoms with Gasteiger partial charge in [0.15, 0.2) is 0 Å². The van der Waals surface area contributed by atoms with Gasteiger partial charge in [-0.1, -0.05) is 6.92 Å². The monoisotopic (exact) mass is 238 g/mol. The maximum atomic E-state index is 11.1. The van der Waals surface area contributed by atoms with Gasteiger partial charge in [0.2, 0.25) is 5.91 Å². The third kappa shape index (κ3) is 4.12. The van der Waals surface area contributed by atoms with Crippen molar-refractivity contribution in [3.8, 4) is 5.75 Å². The molecule has 0 aliphatic carbocycles. The Morgan fingerprint density at radius 3 is 2.41 bits per heavy atom. The summed E-state index contributed by atoms with van der Waals surface area (Å²) in [6.07, 6.45) is -0.484. The van der Waals surface area contributed by atoms with Crippen LogP contribution in [0.3, 0.4) is 0 Å². The van der Waals surface area contributed by atoms with Crippen molar-refractivity contribution < 1.29 is 19.5 Å². The SMILES string of the molecule is CCC(=O)Nc1ccc(OC(=O)N(C)O)cc1. The Hall–Kier alpha value is -2.08. The summed E-state index contributed by atoms with van der Waals surface area (Å²) in [6, 6.07) is 6.25. The first-order valence-corrected chi connectivity index (χ1v) is 5.07. The fraction of sp³-hybridized carbons (Fsp3) is 0.273. The third-order valence-electron chi connectivity index (χ3n) is 1.93. The number of nitrogens with zero attached hydrogens (tertiary/aromatic N) is 1. The summed E-state index contributed by atoms with van der Waals surface area (Å²) in [7, 11) is 1.16. The van der Waals surface area contributed by atoms with E-state index in [-0.39, 0.29) is 11.7 Å². The van der Waals surface area contributed by atoms with Gasteiger partial charge in [-0.25, -0.2) is 4.79 Å². The highest BCUT2D eigenvalue weighted by molar-refractivity contribution is 5.90. The molecule has 0 saturated carbocycles. The van der Waals surface area contributed by atoms with Gasteiger partial charge in [0, 0.05) is 19.2 Å². The second-order valence-corrected chi connectivity index (χ2v) is 3.32. The van der Waals surface area contributed by atoms with Crippen LogP contribution in [0.25, 0.3) is 0 Å². The van der Waals surface area contributed by atoms with Gasteiger partial charge in [0.05, 0.1) is 0 Å². The molecule has 0 aliphatic rings. The molecule has 2 N–H and O–H groups in total. The molecule has 0 aromatic heterocycles. The molecule has 0 spiro atoms. The van der Waals surface area contributed by atoms with Crippen LogP contribution in [0, 0.1) is 0 Å². The standard InChI is InChI=1S/C11H14N2O4/c1-3-10(14)12-8-4-6-9(7-5-8)17-11(15)13(2)16/h4-7,16H,3H2,1-2H3,(H,12,14). The number of rotatable bonds is 3. The van der Waals surface area contributed by atoms with Crippen LogP contribution in [-0.2, 0) is 4.79 Å². The van der Waals surface area contributed by atoms with Crippen LogP contribution in [0.5, 0.6) is 5.75 Å². The van der Waals surface area contributed by atoms with Crippen LogP contribution in [0.4, 0.5) is 10.5 Å². The molecule has 6 heteroatoms. The van der Waals surface area contributed by atoms with Gasteiger partial charge in [-0.3, -0.25) is 10.0 Å². The van der Waals surface area contributed by atoms with Crippen molar-refractivity contribution in [2.24, 2.45) is 0 Å². The Labute approximate surface area is 98.8 Å². The molecular weight excluding hydrogens is 224 g/mol. The summed E-state index contributed by atoms with van der Waals surface area (Å²) >= 11 is 0. The number of ether oxygens (including phenoxy) is 1. The highest BCUT2D eigenvalue weighted by Crippen LogP contribution is 2.16. The lowest BCUT2D eigenvalue weighted by Crippen LogP contribution is -2.25. The average molecular weight is 238 g/mol. The lowest BCUT2D eigenvalue weighted by atomic mass is 10.3. The van der Waals surface area contributed by atoms with E-state index in [2.05, 4.69) is 5.32 Å². The van der Waals surface area contributed by atoms with Crippen molar-refractivity contribution in [2.45, 2.75) is 13.3 Å². The van der Waals surface area contributed by atoms with Gasteiger partial charge in [0.1, 0.15) is 5.75 Å². The first-order chi connectivity index (χ1) is 8.02. The van der Waals surface area contributed by atoms with Crippen LogP contribution in [0.2, 0.25) is 0 Å². The molecule has 1 aromatic carbocycles. The van der Waals surface area contributed by atoms with Crippen molar-refractivity contribution in [2.75, 3.05) is 12.4 Å². The van der Waals surface area contributed by atoms with Gasteiger partial charge in [0.25, 0.3) is 0 Å². The highest BCUT2D eigenvalue weighted by atomic mass is 16.6. The first kappa shape index (κ1) is 13.0. The second-order valence-electron chi connectivity index (χ2n) is 3.32. The number of anilines is 1. The normalized spacial score (nSPS) is 9.59. The van der Waals surface area contributed by atoms with Crippen molar-refractivity contribution >= 4 is 17.7 Å². The van der Waals surface area contributed by atoms with E-state index in [1.165, 1.54) is 12.1 Å². The van der Waals surface area contributed by atoms with Crippen molar-refractivity contribution in [1.82, 2.24) is 5.06 Å². The third-order valence-corrected chi connectivity index (χ3v) is 1.93. The highest BCUT2D eigenvalue weighted by Gasteiger charge is 2.08. The minimum Gasteiger partial charge on any atom is -0.409 e. The van der Waals surface area contributed by atoms with Gasteiger partial charge >= 0.3 is 6.09 Å². The molecule has 0 bridgehead atoms. The number of amides is 2. The molecule has 0 aliphatic heterocycles. The van der Waals surface area contributed by atoms with E-state index < -0.39 is 6.09 Å². The zero-order valence-corrected chi connectivity index (χ0v) is 9.64. The maximum Gasteiger partial charge on any atom is 0.438 e. The number of hydroxylamine groups is 2. The number of nitrogens with one attached hydrogen (secondary N) is 1. The Morgan fingerprint density at radius 1 is 1.35 bits per heavy atom. The molecule has 17 heavy (non-hydrogen) atoms. The number of hydrogen-bond donors (Lipinski definition) is 2. The van der Waals surface area contributed by atoms with E-state index in [1.807, 2.05) is 0 Å². The molecule has 0 heterocycles. The zero-order valence-electron chi connectivity index (χ0n) is 9.64. The first-order valence-electron chi connectivity index (χ1n) is 5.07.